The van der Waals surface area contributed by atoms with E-state index in [0.29, 0.717) is 13.1 Å². The Bertz CT molecular complexity index is 312. The zero-order valence-electron chi connectivity index (χ0n) is 10.5. The number of hydrogen-bond donors (Lipinski definition) is 1. The maximum absolute atomic E-state index is 12.0. The van der Waals surface area contributed by atoms with Gasteiger partial charge in [-0.15, -0.1) is 0 Å². The lowest BCUT2D eigenvalue weighted by Gasteiger charge is -2.31. The average Bonchev–Trinajstić information content (AvgIpc) is 2.25. The Balaban J connectivity index is 4.48. The Morgan fingerprint density at radius 1 is 1.47 bits per heavy atom. The van der Waals surface area contributed by atoms with Crippen LogP contribution in [0.5, 0.6) is 0 Å². The summed E-state index contributed by atoms with van der Waals surface area (Å²) in [4.78, 5) is 25.5. The van der Waals surface area contributed by atoms with Crippen molar-refractivity contribution < 1.29 is 14.7 Å². The van der Waals surface area contributed by atoms with Gasteiger partial charge in [0.1, 0.15) is 0 Å². The quantitative estimate of drug-likeness (QED) is 0.755. The Morgan fingerprint density at radius 3 is 2.47 bits per heavy atom. The number of carbonyl (C=O) groups excluding carboxylic acids is 1. The third-order valence-electron chi connectivity index (χ3n) is 2.47. The molecule has 0 aliphatic heterocycles. The van der Waals surface area contributed by atoms with Crippen molar-refractivity contribution in [2.75, 3.05) is 20.1 Å². The third kappa shape index (κ3) is 5.20. The van der Waals surface area contributed by atoms with E-state index in [9.17, 15) is 9.59 Å². The Hall–Kier alpha value is -1.77. The van der Waals surface area contributed by atoms with Gasteiger partial charge in [-0.1, -0.05) is 0 Å². The van der Waals surface area contributed by atoms with Crippen LogP contribution < -0.4 is 0 Å². The molecule has 0 bridgehead atoms. The first-order valence-electron chi connectivity index (χ1n) is 5.54. The topological polar surface area (TPSA) is 84.6 Å². The fraction of sp³-hybridized carbons (Fsp3) is 0.727. The van der Waals surface area contributed by atoms with Crippen LogP contribution in [0.1, 0.15) is 26.7 Å². The Labute approximate surface area is 101 Å². The molecule has 0 spiro atoms. The molecule has 17 heavy (non-hydrogen) atoms. The number of carbonyl (C=O) groups is 2. The molecule has 2 amide bonds. The molecule has 6 nitrogen and oxygen atoms in total. The summed E-state index contributed by atoms with van der Waals surface area (Å²) in [7, 11) is 1.61. The van der Waals surface area contributed by atoms with Crippen LogP contribution in [-0.4, -0.2) is 53.1 Å². The molecule has 0 rings (SSSR count). The Morgan fingerprint density at radius 2 is 2.06 bits per heavy atom. The highest BCUT2D eigenvalue weighted by Crippen LogP contribution is 2.07. The predicted octanol–water partition coefficient (Wildman–Crippen LogP) is 1.14. The highest BCUT2D eigenvalue weighted by molar-refractivity contribution is 5.75. The SMILES string of the molecule is CCN(C(=O)N(C)CCC#N)C(C)CC(=O)O. The minimum absolute atomic E-state index is 0.0777. The summed E-state index contributed by atoms with van der Waals surface area (Å²) in [6.07, 6.45) is 0.193. The van der Waals surface area contributed by atoms with Crippen LogP contribution in [-0.2, 0) is 4.79 Å². The maximum Gasteiger partial charge on any atom is 0.320 e. The monoisotopic (exact) mass is 241 g/mol. The smallest absolute Gasteiger partial charge is 0.320 e. The van der Waals surface area contributed by atoms with Gasteiger partial charge in [0, 0.05) is 26.2 Å². The van der Waals surface area contributed by atoms with Gasteiger partial charge in [-0.05, 0) is 13.8 Å². The number of nitrogens with zero attached hydrogens (tertiary/aromatic N) is 3. The molecular weight excluding hydrogens is 222 g/mol. The molecule has 0 aliphatic rings. The van der Waals surface area contributed by atoms with E-state index in [1.807, 2.05) is 6.07 Å². The van der Waals surface area contributed by atoms with Crippen molar-refractivity contribution in [3.8, 4) is 6.07 Å². The van der Waals surface area contributed by atoms with Crippen LogP contribution in [0.15, 0.2) is 0 Å². The molecule has 0 aromatic rings. The van der Waals surface area contributed by atoms with Gasteiger partial charge in [0.25, 0.3) is 0 Å². The van der Waals surface area contributed by atoms with Crippen molar-refractivity contribution in [2.45, 2.75) is 32.7 Å². The van der Waals surface area contributed by atoms with Crippen molar-refractivity contribution in [3.63, 3.8) is 0 Å². The highest BCUT2D eigenvalue weighted by Gasteiger charge is 2.23. The molecule has 1 N–H and O–H groups in total. The van der Waals surface area contributed by atoms with Crippen molar-refractivity contribution in [1.82, 2.24) is 9.80 Å². The minimum Gasteiger partial charge on any atom is -0.481 e. The van der Waals surface area contributed by atoms with Crippen molar-refractivity contribution in [3.05, 3.63) is 0 Å². The second-order valence-corrected chi connectivity index (χ2v) is 3.85. The molecule has 1 atom stereocenters. The number of amides is 2. The number of carboxylic acid groups (broad SMARTS) is 1. The zero-order chi connectivity index (χ0) is 13.4. The second-order valence-electron chi connectivity index (χ2n) is 3.85. The number of nitriles is 1. The maximum atomic E-state index is 12.0. The summed E-state index contributed by atoms with van der Waals surface area (Å²) in [6.45, 7) is 4.30. The molecule has 0 radical (unpaired) electrons. The lowest BCUT2D eigenvalue weighted by Crippen LogP contribution is -2.46. The fourth-order valence-electron chi connectivity index (χ4n) is 1.53. The highest BCUT2D eigenvalue weighted by atomic mass is 16.4. The van der Waals surface area contributed by atoms with Gasteiger partial charge in [0.15, 0.2) is 0 Å². The van der Waals surface area contributed by atoms with Crippen molar-refractivity contribution in [1.29, 1.82) is 5.26 Å². The average molecular weight is 241 g/mol. The van der Waals surface area contributed by atoms with Crippen LogP contribution >= 0.6 is 0 Å². The largest absolute Gasteiger partial charge is 0.481 e. The van der Waals surface area contributed by atoms with Gasteiger partial charge >= 0.3 is 12.0 Å². The van der Waals surface area contributed by atoms with Gasteiger partial charge in [-0.3, -0.25) is 4.79 Å². The van der Waals surface area contributed by atoms with Crippen molar-refractivity contribution in [2.24, 2.45) is 0 Å². The molecule has 0 saturated heterocycles. The van der Waals surface area contributed by atoms with Gasteiger partial charge in [0.2, 0.25) is 0 Å². The standard InChI is InChI=1S/C11H19N3O3/c1-4-14(9(2)8-10(15)16)11(17)13(3)7-5-6-12/h9H,4-5,7-8H2,1-3H3,(H,15,16). The summed E-state index contributed by atoms with van der Waals surface area (Å²) in [5.74, 6) is -0.927. The van der Waals surface area contributed by atoms with Crippen LogP contribution in [0, 0.1) is 11.3 Å². The third-order valence-corrected chi connectivity index (χ3v) is 2.47. The molecule has 0 fully saturated rings. The van der Waals surface area contributed by atoms with Gasteiger partial charge < -0.3 is 14.9 Å². The van der Waals surface area contributed by atoms with E-state index in [4.69, 9.17) is 10.4 Å². The van der Waals surface area contributed by atoms with Crippen LogP contribution in [0.3, 0.4) is 0 Å². The van der Waals surface area contributed by atoms with Gasteiger partial charge in [-0.2, -0.15) is 5.26 Å². The molecule has 1 unspecified atom stereocenters. The number of rotatable bonds is 6. The molecule has 0 heterocycles. The van der Waals surface area contributed by atoms with E-state index >= 15 is 0 Å². The summed E-state index contributed by atoms with van der Waals surface area (Å²) < 4.78 is 0. The number of urea groups is 1. The number of carboxylic acids is 1. The van der Waals surface area contributed by atoms with Gasteiger partial charge in [0.05, 0.1) is 18.9 Å². The molecule has 0 aromatic carbocycles. The molecule has 6 heteroatoms. The lowest BCUT2D eigenvalue weighted by molar-refractivity contribution is -0.138. The first-order valence-corrected chi connectivity index (χ1v) is 5.54. The molecular formula is C11H19N3O3. The fourth-order valence-corrected chi connectivity index (χ4v) is 1.53. The van der Waals surface area contributed by atoms with E-state index in [-0.39, 0.29) is 24.9 Å². The number of aliphatic carboxylic acids is 1. The van der Waals surface area contributed by atoms with Crippen LogP contribution in [0.25, 0.3) is 0 Å². The van der Waals surface area contributed by atoms with E-state index < -0.39 is 5.97 Å². The van der Waals surface area contributed by atoms with E-state index in [0.717, 1.165) is 0 Å². The molecule has 0 aromatic heterocycles. The minimum atomic E-state index is -0.927. The van der Waals surface area contributed by atoms with E-state index in [1.54, 1.807) is 20.9 Å². The van der Waals surface area contributed by atoms with Crippen molar-refractivity contribution >= 4 is 12.0 Å². The summed E-state index contributed by atoms with van der Waals surface area (Å²) in [6, 6.07) is 1.37. The van der Waals surface area contributed by atoms with Gasteiger partial charge in [-0.25, -0.2) is 4.79 Å². The van der Waals surface area contributed by atoms with Crippen LogP contribution in [0.4, 0.5) is 4.79 Å². The second kappa shape index (κ2) is 7.49. The van der Waals surface area contributed by atoms with E-state index in [2.05, 4.69) is 0 Å². The summed E-state index contributed by atoms with van der Waals surface area (Å²) in [5.41, 5.74) is 0. The summed E-state index contributed by atoms with van der Waals surface area (Å²) >= 11 is 0. The first kappa shape index (κ1) is 15.2. The first-order chi connectivity index (χ1) is 7.93. The predicted molar refractivity (Wildman–Crippen MR) is 62.4 cm³/mol. The molecule has 0 aliphatic carbocycles. The lowest BCUT2D eigenvalue weighted by atomic mass is 10.2. The molecule has 96 valence electrons. The van der Waals surface area contributed by atoms with Crippen LogP contribution in [0.2, 0.25) is 0 Å². The van der Waals surface area contributed by atoms with E-state index in [1.165, 1.54) is 9.80 Å². The molecule has 0 saturated carbocycles. The summed E-state index contributed by atoms with van der Waals surface area (Å²) in [5, 5.41) is 17.1. The number of hydrogen-bond acceptors (Lipinski definition) is 3. The zero-order valence-corrected chi connectivity index (χ0v) is 10.5. The Kier molecular flexibility index (Phi) is 6.71. The normalized spacial score (nSPS) is 11.4.